The second-order valence-corrected chi connectivity index (χ2v) is 7.97. The Kier molecular flexibility index (Phi) is 4.10. The highest BCUT2D eigenvalue weighted by molar-refractivity contribution is 5.93. The number of aliphatic hydroxyl groups excluding tert-OH is 1. The molecule has 4 heterocycles. The van der Waals surface area contributed by atoms with Crippen molar-refractivity contribution in [3.05, 3.63) is 47.8 Å². The molecule has 31 heavy (non-hydrogen) atoms. The third kappa shape index (κ3) is 3.00. The highest BCUT2D eigenvalue weighted by atomic mass is 16.7. The minimum Gasteiger partial charge on any atom is -0.454 e. The average Bonchev–Trinajstić information content (AvgIpc) is 3.51. The summed E-state index contributed by atoms with van der Waals surface area (Å²) < 4.78 is 12.6. The lowest BCUT2D eigenvalue weighted by molar-refractivity contribution is 0.174. The first kappa shape index (κ1) is 18.2. The molecular weight excluding hydrogens is 396 g/mol. The Balaban J connectivity index is 1.46. The number of nitrogen functional groups attached to an aromatic ring is 1. The summed E-state index contributed by atoms with van der Waals surface area (Å²) in [6.45, 7) is 1.33. The smallest absolute Gasteiger partial charge is 0.240 e. The maximum absolute atomic E-state index is 9.72. The number of aromatic nitrogens is 4. The zero-order valence-corrected chi connectivity index (χ0v) is 16.9. The third-order valence-electron chi connectivity index (χ3n) is 6.06. The van der Waals surface area contributed by atoms with E-state index in [0.717, 1.165) is 58.9 Å². The number of benzene rings is 2. The van der Waals surface area contributed by atoms with Crippen molar-refractivity contribution in [3.8, 4) is 11.5 Å². The molecule has 2 aliphatic heterocycles. The number of nitrogens with two attached hydrogens (primary N) is 1. The van der Waals surface area contributed by atoms with E-state index < -0.39 is 0 Å². The van der Waals surface area contributed by atoms with Gasteiger partial charge >= 0.3 is 0 Å². The van der Waals surface area contributed by atoms with Crippen LogP contribution < -0.4 is 20.1 Å². The molecule has 2 aromatic carbocycles. The molecule has 1 atom stereocenters. The summed E-state index contributed by atoms with van der Waals surface area (Å²) in [5, 5.41) is 15.0. The number of hydrogen-bond acceptors (Lipinski definition) is 8. The van der Waals surface area contributed by atoms with Gasteiger partial charge in [-0.2, -0.15) is 9.50 Å². The minimum absolute atomic E-state index is 0.151. The van der Waals surface area contributed by atoms with Gasteiger partial charge in [-0.3, -0.25) is 0 Å². The highest BCUT2D eigenvalue weighted by Gasteiger charge is 2.25. The van der Waals surface area contributed by atoms with E-state index in [1.807, 2.05) is 24.3 Å². The van der Waals surface area contributed by atoms with E-state index in [1.165, 1.54) is 0 Å². The SMILES string of the molecule is Nc1nc2c3ccc(N4CCC[C@H]4CO)cc3nc(Cc3ccc4c(c3)OCO4)n2n1. The van der Waals surface area contributed by atoms with E-state index in [1.54, 1.807) is 4.52 Å². The number of fused-ring (bicyclic) bond motifs is 4. The molecule has 2 aromatic heterocycles. The van der Waals surface area contributed by atoms with Crippen LogP contribution in [0.5, 0.6) is 11.5 Å². The first-order valence-corrected chi connectivity index (χ1v) is 10.4. The van der Waals surface area contributed by atoms with Gasteiger partial charge < -0.3 is 25.2 Å². The number of ether oxygens (including phenoxy) is 2. The molecule has 1 saturated heterocycles. The van der Waals surface area contributed by atoms with Crippen molar-refractivity contribution < 1.29 is 14.6 Å². The fraction of sp³-hybridized carbons (Fsp3) is 0.318. The molecule has 9 nitrogen and oxygen atoms in total. The van der Waals surface area contributed by atoms with E-state index in [-0.39, 0.29) is 25.4 Å². The minimum atomic E-state index is 0.151. The molecule has 0 amide bonds. The number of anilines is 2. The number of nitrogens with zero attached hydrogens (tertiary/aromatic N) is 5. The van der Waals surface area contributed by atoms with Crippen LogP contribution in [-0.4, -0.2) is 50.7 Å². The molecule has 0 radical (unpaired) electrons. The van der Waals surface area contributed by atoms with E-state index >= 15 is 0 Å². The van der Waals surface area contributed by atoms with Gasteiger partial charge in [0, 0.05) is 24.0 Å². The summed E-state index contributed by atoms with van der Waals surface area (Å²) in [7, 11) is 0. The van der Waals surface area contributed by atoms with Crippen LogP contribution >= 0.6 is 0 Å². The number of rotatable bonds is 4. The van der Waals surface area contributed by atoms with Gasteiger partial charge in [0.2, 0.25) is 12.7 Å². The molecule has 0 saturated carbocycles. The van der Waals surface area contributed by atoms with Gasteiger partial charge in [-0.05, 0) is 48.7 Å². The maximum Gasteiger partial charge on any atom is 0.240 e. The Labute approximate surface area is 178 Å². The van der Waals surface area contributed by atoms with Gasteiger partial charge in [-0.15, -0.1) is 5.10 Å². The predicted molar refractivity (Wildman–Crippen MR) is 116 cm³/mol. The van der Waals surface area contributed by atoms with Crippen LogP contribution in [0.2, 0.25) is 0 Å². The van der Waals surface area contributed by atoms with E-state index in [9.17, 15) is 5.11 Å². The van der Waals surface area contributed by atoms with Crippen LogP contribution in [0.15, 0.2) is 36.4 Å². The molecule has 0 aliphatic carbocycles. The Bertz CT molecular complexity index is 1300. The molecule has 6 rings (SSSR count). The van der Waals surface area contributed by atoms with Gasteiger partial charge in [0.1, 0.15) is 5.82 Å². The second kappa shape index (κ2) is 6.98. The zero-order chi connectivity index (χ0) is 20.9. The summed E-state index contributed by atoms with van der Waals surface area (Å²) in [5.41, 5.74) is 9.54. The molecule has 0 spiro atoms. The lowest BCUT2D eigenvalue weighted by atomic mass is 10.1. The van der Waals surface area contributed by atoms with Crippen molar-refractivity contribution in [2.45, 2.75) is 25.3 Å². The monoisotopic (exact) mass is 418 g/mol. The van der Waals surface area contributed by atoms with Crippen molar-refractivity contribution in [2.24, 2.45) is 0 Å². The molecule has 1 fully saturated rings. The molecular formula is C22H22N6O3. The Morgan fingerprint density at radius 1 is 1.10 bits per heavy atom. The average molecular weight is 418 g/mol. The summed E-state index contributed by atoms with van der Waals surface area (Å²) >= 11 is 0. The summed E-state index contributed by atoms with van der Waals surface area (Å²) in [6.07, 6.45) is 2.61. The quantitative estimate of drug-likeness (QED) is 0.519. The summed E-state index contributed by atoms with van der Waals surface area (Å²) in [6, 6.07) is 12.2. The topological polar surface area (TPSA) is 111 Å². The molecule has 3 N–H and O–H groups in total. The van der Waals surface area contributed by atoms with Crippen LogP contribution in [0.1, 0.15) is 24.2 Å². The standard InChI is InChI=1S/C22H22N6O3/c23-22-25-21-16-5-4-14(27-7-1-2-15(27)11-29)10-17(16)24-20(28(21)26-22)9-13-3-6-18-19(8-13)31-12-30-18/h3-6,8,10,15,29H,1-2,7,9,11-12H2,(H2,23,26)/t15-/m0/s1. The highest BCUT2D eigenvalue weighted by Crippen LogP contribution is 2.34. The van der Waals surface area contributed by atoms with Crippen LogP contribution in [-0.2, 0) is 6.42 Å². The van der Waals surface area contributed by atoms with Gasteiger partial charge in [0.15, 0.2) is 17.1 Å². The molecule has 4 aromatic rings. The van der Waals surface area contributed by atoms with E-state index in [4.69, 9.17) is 20.2 Å². The van der Waals surface area contributed by atoms with Crippen LogP contribution in [0, 0.1) is 0 Å². The Morgan fingerprint density at radius 3 is 2.90 bits per heavy atom. The predicted octanol–water partition coefficient (Wildman–Crippen LogP) is 2.14. The van der Waals surface area contributed by atoms with Crippen LogP contribution in [0.3, 0.4) is 0 Å². The molecule has 2 aliphatic rings. The Morgan fingerprint density at radius 2 is 2.00 bits per heavy atom. The fourth-order valence-electron chi connectivity index (χ4n) is 4.56. The third-order valence-corrected chi connectivity index (χ3v) is 6.06. The van der Waals surface area contributed by atoms with Gasteiger partial charge in [0.25, 0.3) is 0 Å². The number of aliphatic hydroxyl groups is 1. The second-order valence-electron chi connectivity index (χ2n) is 7.97. The van der Waals surface area contributed by atoms with Crippen molar-refractivity contribution in [1.82, 2.24) is 19.6 Å². The van der Waals surface area contributed by atoms with Crippen LogP contribution in [0.4, 0.5) is 11.6 Å². The summed E-state index contributed by atoms with van der Waals surface area (Å²) in [5.74, 6) is 2.44. The van der Waals surface area contributed by atoms with Gasteiger partial charge in [0.05, 0.1) is 18.2 Å². The first-order chi connectivity index (χ1) is 15.2. The lowest BCUT2D eigenvalue weighted by Gasteiger charge is -2.25. The van der Waals surface area contributed by atoms with E-state index in [0.29, 0.717) is 12.1 Å². The molecule has 158 valence electrons. The first-order valence-electron chi connectivity index (χ1n) is 10.4. The van der Waals surface area contributed by atoms with Gasteiger partial charge in [-0.1, -0.05) is 6.07 Å². The van der Waals surface area contributed by atoms with Gasteiger partial charge in [-0.25, -0.2) is 4.98 Å². The fourth-order valence-corrected chi connectivity index (χ4v) is 4.56. The molecule has 0 bridgehead atoms. The van der Waals surface area contributed by atoms with Crippen molar-refractivity contribution in [3.63, 3.8) is 0 Å². The van der Waals surface area contributed by atoms with Crippen molar-refractivity contribution >= 4 is 28.2 Å². The number of hydrogen-bond donors (Lipinski definition) is 2. The normalized spacial score (nSPS) is 17.8. The maximum atomic E-state index is 9.72. The molecule has 0 unspecified atom stereocenters. The van der Waals surface area contributed by atoms with Crippen molar-refractivity contribution in [2.75, 3.05) is 30.6 Å². The summed E-state index contributed by atoms with van der Waals surface area (Å²) in [4.78, 5) is 11.6. The van der Waals surface area contributed by atoms with Crippen LogP contribution in [0.25, 0.3) is 16.6 Å². The largest absolute Gasteiger partial charge is 0.454 e. The zero-order valence-electron chi connectivity index (χ0n) is 16.9. The molecule has 9 heteroatoms. The van der Waals surface area contributed by atoms with Crippen molar-refractivity contribution in [1.29, 1.82) is 0 Å². The Hall–Kier alpha value is -3.59. The lowest BCUT2D eigenvalue weighted by Crippen LogP contribution is -2.31. The van der Waals surface area contributed by atoms with E-state index in [2.05, 4.69) is 27.1 Å².